The fourth-order valence-electron chi connectivity index (χ4n) is 3.98. The molecule has 2 N–H and O–H groups in total. The number of hydrogen-bond acceptors (Lipinski definition) is 5. The molecule has 3 heterocycles. The van der Waals surface area contributed by atoms with E-state index < -0.39 is 0 Å². The molecule has 0 unspecified atom stereocenters. The molecule has 1 saturated carbocycles. The van der Waals surface area contributed by atoms with Crippen LogP contribution in [0.3, 0.4) is 0 Å². The second-order valence-electron chi connectivity index (χ2n) is 7.57. The number of amides is 1. The number of nitrogens with two attached hydrogens (primary N) is 1. The van der Waals surface area contributed by atoms with Crippen molar-refractivity contribution in [1.82, 2.24) is 14.8 Å². The van der Waals surface area contributed by atoms with Crippen molar-refractivity contribution in [2.75, 3.05) is 51.2 Å². The smallest absolute Gasteiger partial charge is 0.254 e. The SMILES string of the molecule is CN1CCN(C(=O)c2ccnc(N3C[C@@H](N)[C@H](C4CC4)C3)c2)CC1. The number of aromatic nitrogens is 1. The first-order valence-electron chi connectivity index (χ1n) is 9.06. The maximum atomic E-state index is 12.8. The molecule has 2 aliphatic heterocycles. The Morgan fingerprint density at radius 3 is 2.67 bits per heavy atom. The zero-order valence-electron chi connectivity index (χ0n) is 14.4. The van der Waals surface area contributed by atoms with E-state index in [1.54, 1.807) is 6.20 Å². The highest BCUT2D eigenvalue weighted by molar-refractivity contribution is 5.95. The third kappa shape index (κ3) is 3.13. The van der Waals surface area contributed by atoms with E-state index in [0.29, 0.717) is 5.92 Å². The molecule has 1 aliphatic carbocycles. The highest BCUT2D eigenvalue weighted by Crippen LogP contribution is 2.41. The molecule has 0 radical (unpaired) electrons. The van der Waals surface area contributed by atoms with E-state index in [-0.39, 0.29) is 11.9 Å². The topological polar surface area (TPSA) is 65.7 Å². The van der Waals surface area contributed by atoms with Gasteiger partial charge in [0.25, 0.3) is 5.91 Å². The summed E-state index contributed by atoms with van der Waals surface area (Å²) in [5, 5.41) is 0. The van der Waals surface area contributed by atoms with Crippen LogP contribution >= 0.6 is 0 Å². The molecule has 1 amide bonds. The fourth-order valence-corrected chi connectivity index (χ4v) is 3.98. The van der Waals surface area contributed by atoms with Gasteiger partial charge in [-0.3, -0.25) is 4.79 Å². The maximum absolute atomic E-state index is 12.8. The Balaban J connectivity index is 1.46. The lowest BCUT2D eigenvalue weighted by Crippen LogP contribution is -2.47. The summed E-state index contributed by atoms with van der Waals surface area (Å²) in [7, 11) is 2.10. The number of carbonyl (C=O) groups excluding carboxylic acids is 1. The predicted molar refractivity (Wildman–Crippen MR) is 94.0 cm³/mol. The first-order valence-corrected chi connectivity index (χ1v) is 9.06. The average Bonchev–Trinajstić information content (AvgIpc) is 3.37. The van der Waals surface area contributed by atoms with E-state index in [9.17, 15) is 4.79 Å². The van der Waals surface area contributed by atoms with E-state index >= 15 is 0 Å². The minimum atomic E-state index is 0.119. The van der Waals surface area contributed by atoms with E-state index in [1.807, 2.05) is 17.0 Å². The molecule has 0 aromatic carbocycles. The second-order valence-corrected chi connectivity index (χ2v) is 7.57. The van der Waals surface area contributed by atoms with Crippen molar-refractivity contribution < 1.29 is 4.79 Å². The Hall–Kier alpha value is -1.66. The summed E-state index contributed by atoms with van der Waals surface area (Å²) < 4.78 is 0. The van der Waals surface area contributed by atoms with Crippen LogP contribution in [0.2, 0.25) is 0 Å². The molecule has 0 bridgehead atoms. The predicted octanol–water partition coefficient (Wildman–Crippen LogP) is 0.643. The lowest BCUT2D eigenvalue weighted by molar-refractivity contribution is 0.0664. The van der Waals surface area contributed by atoms with Gasteiger partial charge in [0.1, 0.15) is 5.82 Å². The van der Waals surface area contributed by atoms with Crippen LogP contribution in [0, 0.1) is 11.8 Å². The highest BCUT2D eigenvalue weighted by Gasteiger charge is 2.41. The van der Waals surface area contributed by atoms with E-state index in [4.69, 9.17) is 5.73 Å². The molecule has 1 aromatic rings. The molecular weight excluding hydrogens is 302 g/mol. The van der Waals surface area contributed by atoms with Crippen molar-refractivity contribution >= 4 is 11.7 Å². The Labute approximate surface area is 143 Å². The van der Waals surface area contributed by atoms with Crippen LogP contribution in [0.15, 0.2) is 18.3 Å². The van der Waals surface area contributed by atoms with Gasteiger partial charge in [-0.2, -0.15) is 0 Å². The molecule has 6 nitrogen and oxygen atoms in total. The van der Waals surface area contributed by atoms with Gasteiger partial charge in [-0.05, 0) is 43.9 Å². The molecule has 2 atom stereocenters. The molecule has 130 valence electrons. The van der Waals surface area contributed by atoms with Gasteiger partial charge in [0.15, 0.2) is 0 Å². The molecule has 0 spiro atoms. The van der Waals surface area contributed by atoms with Crippen LogP contribution in [-0.2, 0) is 0 Å². The van der Waals surface area contributed by atoms with Gasteiger partial charge >= 0.3 is 0 Å². The summed E-state index contributed by atoms with van der Waals surface area (Å²) in [6.45, 7) is 5.30. The lowest BCUT2D eigenvalue weighted by Gasteiger charge is -2.32. The summed E-state index contributed by atoms with van der Waals surface area (Å²) in [5.41, 5.74) is 7.07. The van der Waals surface area contributed by atoms with Crippen LogP contribution in [0.1, 0.15) is 23.2 Å². The number of rotatable bonds is 3. The van der Waals surface area contributed by atoms with Crippen LogP contribution < -0.4 is 10.6 Å². The molecule has 24 heavy (non-hydrogen) atoms. The zero-order valence-corrected chi connectivity index (χ0v) is 14.4. The van der Waals surface area contributed by atoms with Gasteiger partial charge in [0.05, 0.1) is 0 Å². The number of likely N-dealkylation sites (N-methyl/N-ethyl adjacent to an activating group) is 1. The third-order valence-electron chi connectivity index (χ3n) is 5.75. The van der Waals surface area contributed by atoms with Crippen molar-refractivity contribution in [3.05, 3.63) is 23.9 Å². The van der Waals surface area contributed by atoms with E-state index in [2.05, 4.69) is 21.8 Å². The number of anilines is 1. The molecule has 4 rings (SSSR count). The third-order valence-corrected chi connectivity index (χ3v) is 5.75. The number of carbonyl (C=O) groups is 1. The molecule has 3 fully saturated rings. The Bertz CT molecular complexity index is 609. The van der Waals surface area contributed by atoms with Crippen molar-refractivity contribution in [3.63, 3.8) is 0 Å². The largest absolute Gasteiger partial charge is 0.355 e. The van der Waals surface area contributed by atoms with Gasteiger partial charge in [-0.1, -0.05) is 0 Å². The minimum absolute atomic E-state index is 0.119. The van der Waals surface area contributed by atoms with Crippen LogP contribution in [-0.4, -0.2) is 73.0 Å². The number of pyridine rings is 1. The normalized spacial score (nSPS) is 28.4. The van der Waals surface area contributed by atoms with Crippen molar-refractivity contribution in [2.24, 2.45) is 17.6 Å². The molecule has 3 aliphatic rings. The van der Waals surface area contributed by atoms with Gasteiger partial charge in [0.2, 0.25) is 0 Å². The van der Waals surface area contributed by atoms with Crippen LogP contribution in [0.25, 0.3) is 0 Å². The van der Waals surface area contributed by atoms with Crippen molar-refractivity contribution in [1.29, 1.82) is 0 Å². The van der Waals surface area contributed by atoms with Gasteiger partial charge < -0.3 is 20.4 Å². The van der Waals surface area contributed by atoms with Crippen molar-refractivity contribution in [3.8, 4) is 0 Å². The fraction of sp³-hybridized carbons (Fsp3) is 0.667. The minimum Gasteiger partial charge on any atom is -0.355 e. The summed E-state index contributed by atoms with van der Waals surface area (Å²) in [4.78, 5) is 23.7. The Kier molecular flexibility index (Phi) is 4.18. The molecule has 2 saturated heterocycles. The second kappa shape index (κ2) is 6.33. The van der Waals surface area contributed by atoms with E-state index in [1.165, 1.54) is 12.8 Å². The first kappa shape index (κ1) is 15.8. The van der Waals surface area contributed by atoms with E-state index in [0.717, 1.165) is 56.6 Å². The Morgan fingerprint density at radius 1 is 1.21 bits per heavy atom. The number of piperazine rings is 1. The van der Waals surface area contributed by atoms with Crippen molar-refractivity contribution in [2.45, 2.75) is 18.9 Å². The lowest BCUT2D eigenvalue weighted by atomic mass is 9.99. The summed E-state index contributed by atoms with van der Waals surface area (Å²) in [6, 6.07) is 4.01. The summed E-state index contributed by atoms with van der Waals surface area (Å²) in [6.07, 6.45) is 4.40. The van der Waals surface area contributed by atoms with Crippen LogP contribution in [0.4, 0.5) is 5.82 Å². The van der Waals surface area contributed by atoms with Crippen LogP contribution in [0.5, 0.6) is 0 Å². The molecular formula is C18H27N5O. The molecule has 1 aromatic heterocycles. The standard InChI is InChI=1S/C18H27N5O/c1-21-6-8-22(9-7-21)18(24)14-4-5-20-17(10-14)23-11-15(13-2-3-13)16(19)12-23/h4-5,10,13,15-16H,2-3,6-9,11-12,19H2,1H3/t15-,16+/m0/s1. The number of hydrogen-bond donors (Lipinski definition) is 1. The monoisotopic (exact) mass is 329 g/mol. The summed E-state index contributed by atoms with van der Waals surface area (Å²) >= 11 is 0. The first-order chi connectivity index (χ1) is 11.6. The quantitative estimate of drug-likeness (QED) is 0.882. The van der Waals surface area contributed by atoms with Gasteiger partial charge in [-0.25, -0.2) is 4.98 Å². The van der Waals surface area contributed by atoms with Gasteiger partial charge in [-0.15, -0.1) is 0 Å². The highest BCUT2D eigenvalue weighted by atomic mass is 16.2. The van der Waals surface area contributed by atoms with Gasteiger partial charge in [0, 0.05) is 57.1 Å². The maximum Gasteiger partial charge on any atom is 0.254 e. The Morgan fingerprint density at radius 2 is 1.96 bits per heavy atom. The average molecular weight is 329 g/mol. The zero-order chi connectivity index (χ0) is 16.7. The molecule has 6 heteroatoms. The number of nitrogens with zero attached hydrogens (tertiary/aromatic N) is 4. The summed E-state index contributed by atoms with van der Waals surface area (Å²) in [5.74, 6) is 2.41.